The van der Waals surface area contributed by atoms with Crippen LogP contribution >= 0.6 is 0 Å². The third kappa shape index (κ3) is 6.74. The van der Waals surface area contributed by atoms with Gasteiger partial charge in [-0.15, -0.1) is 0 Å². The zero-order valence-electron chi connectivity index (χ0n) is 18.9. The van der Waals surface area contributed by atoms with Gasteiger partial charge in [-0.2, -0.15) is 0 Å². The van der Waals surface area contributed by atoms with E-state index >= 15 is 0 Å². The lowest BCUT2D eigenvalue weighted by atomic mass is 9.92. The zero-order chi connectivity index (χ0) is 21.7. The predicted octanol–water partition coefficient (Wildman–Crippen LogP) is 4.24. The Morgan fingerprint density at radius 3 is 2.59 bits per heavy atom. The molecule has 1 saturated heterocycles. The highest BCUT2D eigenvalue weighted by Gasteiger charge is 2.46. The maximum atomic E-state index is 12.8. The molecular formula is C22H38O6Si. The lowest BCUT2D eigenvalue weighted by Gasteiger charge is -2.38. The van der Waals surface area contributed by atoms with Crippen molar-refractivity contribution in [3.63, 3.8) is 0 Å². The number of methoxy groups -OCH3 is 1. The van der Waals surface area contributed by atoms with Crippen molar-refractivity contribution < 1.29 is 28.2 Å². The third-order valence-corrected chi connectivity index (χ3v) is 11.1. The van der Waals surface area contributed by atoms with Gasteiger partial charge >= 0.3 is 5.97 Å². The van der Waals surface area contributed by atoms with E-state index in [9.17, 15) is 9.59 Å². The Balaban J connectivity index is 2.11. The Labute approximate surface area is 176 Å². The standard InChI is InChI=1S/C22H38O6Si/c1-22(2,3)29(5,6)27-15-17-16(10-9-11-20(24)25-4)18(23)14-19(17)28-21-12-7-8-13-26-21/h9,11,16-17,19,21H,7-8,10,12-15H2,1-6H3/t16-,17-,19-,21?/m0/s1. The Bertz CT molecular complexity index is 589. The highest BCUT2D eigenvalue weighted by molar-refractivity contribution is 6.74. The van der Waals surface area contributed by atoms with Gasteiger partial charge < -0.3 is 18.6 Å². The molecular weight excluding hydrogens is 388 g/mol. The van der Waals surface area contributed by atoms with Crippen molar-refractivity contribution in [1.29, 1.82) is 0 Å². The molecule has 0 N–H and O–H groups in total. The summed E-state index contributed by atoms with van der Waals surface area (Å²) in [6, 6.07) is 0. The molecule has 4 atom stereocenters. The molecule has 6 nitrogen and oxygen atoms in total. The summed E-state index contributed by atoms with van der Waals surface area (Å²) in [6.45, 7) is 12.3. The highest BCUT2D eigenvalue weighted by Crippen LogP contribution is 2.40. The molecule has 1 aliphatic carbocycles. The number of hydrogen-bond donors (Lipinski definition) is 0. The summed E-state index contributed by atoms with van der Waals surface area (Å²) in [5.74, 6) is -0.490. The first-order valence-electron chi connectivity index (χ1n) is 10.7. The SMILES string of the molecule is COC(=O)C=CC[C@@H]1C(=O)C[C@H](OC2CCCCO2)[C@H]1CO[Si](C)(C)C(C)(C)C. The first-order valence-corrected chi connectivity index (χ1v) is 13.6. The minimum atomic E-state index is -1.95. The van der Waals surface area contributed by atoms with Crippen molar-refractivity contribution in [2.45, 2.75) is 83.4 Å². The van der Waals surface area contributed by atoms with Gasteiger partial charge in [-0.3, -0.25) is 4.79 Å². The Morgan fingerprint density at radius 1 is 1.28 bits per heavy atom. The van der Waals surface area contributed by atoms with Gasteiger partial charge in [0, 0.05) is 37.5 Å². The molecule has 0 radical (unpaired) electrons. The lowest BCUT2D eigenvalue weighted by Crippen LogP contribution is -2.44. The van der Waals surface area contributed by atoms with Crippen molar-refractivity contribution in [1.82, 2.24) is 0 Å². The van der Waals surface area contributed by atoms with Crippen LogP contribution in [0.25, 0.3) is 0 Å². The average Bonchev–Trinajstić information content (AvgIpc) is 2.94. The van der Waals surface area contributed by atoms with E-state index in [0.29, 0.717) is 26.1 Å². The van der Waals surface area contributed by atoms with Crippen molar-refractivity contribution in [3.8, 4) is 0 Å². The van der Waals surface area contributed by atoms with Crippen LogP contribution in [0.1, 0.15) is 52.9 Å². The number of carbonyl (C=O) groups is 2. The van der Waals surface area contributed by atoms with Gasteiger partial charge in [-0.05, 0) is 43.8 Å². The molecule has 1 unspecified atom stereocenters. The van der Waals surface area contributed by atoms with Gasteiger partial charge in [0.15, 0.2) is 14.6 Å². The molecule has 2 aliphatic rings. The van der Waals surface area contributed by atoms with Crippen LogP contribution in [0.15, 0.2) is 12.2 Å². The summed E-state index contributed by atoms with van der Waals surface area (Å²) in [5, 5.41) is 0.0960. The second kappa shape index (κ2) is 10.3. The number of hydrogen-bond acceptors (Lipinski definition) is 6. The number of allylic oxidation sites excluding steroid dienone is 1. The van der Waals surface area contributed by atoms with Crippen LogP contribution in [0.3, 0.4) is 0 Å². The molecule has 0 amide bonds. The van der Waals surface area contributed by atoms with Crippen molar-refractivity contribution in [3.05, 3.63) is 12.2 Å². The third-order valence-electron chi connectivity index (χ3n) is 6.56. The molecule has 29 heavy (non-hydrogen) atoms. The van der Waals surface area contributed by atoms with E-state index in [-0.39, 0.29) is 35.1 Å². The number of Topliss-reactive ketones (excluding diaryl/α,β-unsaturated/α-hetero) is 1. The fraction of sp³-hybridized carbons (Fsp3) is 0.818. The fourth-order valence-electron chi connectivity index (χ4n) is 3.59. The largest absolute Gasteiger partial charge is 0.466 e. The van der Waals surface area contributed by atoms with Crippen LogP contribution in [0.5, 0.6) is 0 Å². The van der Waals surface area contributed by atoms with E-state index < -0.39 is 14.3 Å². The maximum absolute atomic E-state index is 12.8. The van der Waals surface area contributed by atoms with Gasteiger partial charge in [0.1, 0.15) is 5.78 Å². The molecule has 1 heterocycles. The van der Waals surface area contributed by atoms with Gasteiger partial charge in [0.05, 0.1) is 13.2 Å². The normalized spacial score (nSPS) is 28.8. The molecule has 0 spiro atoms. The van der Waals surface area contributed by atoms with E-state index in [2.05, 4.69) is 38.6 Å². The van der Waals surface area contributed by atoms with E-state index in [1.807, 2.05) is 0 Å². The fourth-order valence-corrected chi connectivity index (χ4v) is 4.63. The molecule has 0 aromatic heterocycles. The summed E-state index contributed by atoms with van der Waals surface area (Å²) in [7, 11) is -0.607. The van der Waals surface area contributed by atoms with Gasteiger partial charge in [0.25, 0.3) is 0 Å². The zero-order valence-corrected chi connectivity index (χ0v) is 19.9. The smallest absolute Gasteiger partial charge is 0.330 e. The van der Waals surface area contributed by atoms with E-state index in [4.69, 9.17) is 13.9 Å². The summed E-state index contributed by atoms with van der Waals surface area (Å²) < 4.78 is 23.1. The quantitative estimate of drug-likeness (QED) is 0.328. The first kappa shape index (κ1) is 24.2. The van der Waals surface area contributed by atoms with Gasteiger partial charge in [-0.1, -0.05) is 26.8 Å². The molecule has 2 fully saturated rings. The van der Waals surface area contributed by atoms with Crippen molar-refractivity contribution in [2.24, 2.45) is 11.8 Å². The highest BCUT2D eigenvalue weighted by atomic mass is 28.4. The summed E-state index contributed by atoms with van der Waals surface area (Å²) in [5.41, 5.74) is 0. The Kier molecular flexibility index (Phi) is 8.64. The first-order chi connectivity index (χ1) is 13.5. The molecule has 0 aromatic rings. The summed E-state index contributed by atoms with van der Waals surface area (Å²) in [4.78, 5) is 24.2. The number of esters is 1. The number of ketones is 1. The number of carbonyl (C=O) groups excluding carboxylic acids is 2. The predicted molar refractivity (Wildman–Crippen MR) is 114 cm³/mol. The minimum Gasteiger partial charge on any atom is -0.466 e. The van der Waals surface area contributed by atoms with E-state index in [0.717, 1.165) is 19.3 Å². The molecule has 7 heteroatoms. The van der Waals surface area contributed by atoms with E-state index in [1.54, 1.807) is 6.08 Å². The summed E-state index contributed by atoms with van der Waals surface area (Å²) in [6.07, 6.45) is 6.56. The van der Waals surface area contributed by atoms with Crippen molar-refractivity contribution in [2.75, 3.05) is 20.3 Å². The van der Waals surface area contributed by atoms with E-state index in [1.165, 1.54) is 13.2 Å². The second-order valence-electron chi connectivity index (χ2n) is 9.64. The number of ether oxygens (including phenoxy) is 3. The second-order valence-corrected chi connectivity index (χ2v) is 14.5. The van der Waals surface area contributed by atoms with Gasteiger partial charge in [-0.25, -0.2) is 4.79 Å². The molecule has 166 valence electrons. The van der Waals surface area contributed by atoms with Crippen molar-refractivity contribution >= 4 is 20.1 Å². The molecule has 0 bridgehead atoms. The van der Waals surface area contributed by atoms with Crippen LogP contribution in [-0.4, -0.2) is 52.8 Å². The molecule has 1 saturated carbocycles. The van der Waals surface area contributed by atoms with Crippen LogP contribution in [0.4, 0.5) is 0 Å². The molecule has 0 aromatic carbocycles. The van der Waals surface area contributed by atoms with Crippen LogP contribution in [0.2, 0.25) is 18.1 Å². The monoisotopic (exact) mass is 426 g/mol. The topological polar surface area (TPSA) is 71.1 Å². The Hall–Kier alpha value is -1.02. The molecule has 2 rings (SSSR count). The number of rotatable bonds is 8. The lowest BCUT2D eigenvalue weighted by molar-refractivity contribution is -0.197. The van der Waals surface area contributed by atoms with Gasteiger partial charge in [0.2, 0.25) is 0 Å². The Morgan fingerprint density at radius 2 is 2.00 bits per heavy atom. The van der Waals surface area contributed by atoms with Crippen LogP contribution < -0.4 is 0 Å². The average molecular weight is 427 g/mol. The minimum absolute atomic E-state index is 0.0375. The maximum Gasteiger partial charge on any atom is 0.330 e. The molecule has 1 aliphatic heterocycles. The summed E-state index contributed by atoms with van der Waals surface area (Å²) >= 11 is 0. The van der Waals surface area contributed by atoms with Crippen LogP contribution in [-0.2, 0) is 28.2 Å². The van der Waals surface area contributed by atoms with Crippen LogP contribution in [0, 0.1) is 11.8 Å².